The Kier molecular flexibility index (Phi) is 4.06. The van der Waals surface area contributed by atoms with E-state index in [2.05, 4.69) is 36.8 Å². The van der Waals surface area contributed by atoms with E-state index in [0.29, 0.717) is 10.3 Å². The molecule has 0 bridgehead atoms. The Labute approximate surface area is 117 Å². The number of nitrogens with zero attached hydrogens (tertiary/aromatic N) is 2. The molecule has 0 aliphatic heterocycles. The molecule has 1 aromatic carbocycles. The van der Waals surface area contributed by atoms with Crippen molar-refractivity contribution >= 4 is 33.3 Å². The summed E-state index contributed by atoms with van der Waals surface area (Å²) < 4.78 is 14.2. The van der Waals surface area contributed by atoms with Crippen molar-refractivity contribution in [1.82, 2.24) is 10.2 Å². The third-order valence-electron chi connectivity index (χ3n) is 2.33. The van der Waals surface area contributed by atoms with Gasteiger partial charge in [-0.3, -0.25) is 4.79 Å². The van der Waals surface area contributed by atoms with Gasteiger partial charge >= 0.3 is 0 Å². The van der Waals surface area contributed by atoms with Gasteiger partial charge in [-0.1, -0.05) is 15.9 Å². The van der Waals surface area contributed by atoms with Gasteiger partial charge in [0.1, 0.15) is 11.6 Å². The van der Waals surface area contributed by atoms with E-state index in [-0.39, 0.29) is 11.4 Å². The third-order valence-corrected chi connectivity index (χ3v) is 2.82. The minimum absolute atomic E-state index is 0.0823. The lowest BCUT2D eigenvalue weighted by Gasteiger charge is -2.06. The van der Waals surface area contributed by atoms with Gasteiger partial charge < -0.3 is 10.6 Å². The van der Waals surface area contributed by atoms with Gasteiger partial charge in [0, 0.05) is 11.5 Å². The van der Waals surface area contributed by atoms with E-state index in [1.807, 2.05) is 0 Å². The van der Waals surface area contributed by atoms with Crippen molar-refractivity contribution < 1.29 is 9.18 Å². The zero-order chi connectivity index (χ0) is 13.8. The molecule has 19 heavy (non-hydrogen) atoms. The maximum Gasteiger partial charge on any atom is 0.276 e. The number of rotatable bonds is 3. The number of hydrogen-bond acceptors (Lipinski definition) is 4. The summed E-state index contributed by atoms with van der Waals surface area (Å²) in [5, 5.41) is 12.7. The lowest BCUT2D eigenvalue weighted by Crippen LogP contribution is -2.15. The van der Waals surface area contributed by atoms with Crippen LogP contribution in [0.1, 0.15) is 10.5 Å². The normalized spacial score (nSPS) is 10.1. The molecular weight excluding hydrogens is 315 g/mol. The van der Waals surface area contributed by atoms with Crippen LogP contribution < -0.4 is 10.6 Å². The molecule has 0 aliphatic rings. The summed E-state index contributed by atoms with van der Waals surface area (Å²) in [6.45, 7) is 0. The molecule has 0 unspecified atom stereocenters. The number of nitrogens with one attached hydrogen (secondary N) is 2. The summed E-state index contributed by atoms with van der Waals surface area (Å²) in [7, 11) is 1.70. The van der Waals surface area contributed by atoms with Crippen LogP contribution in [0.15, 0.2) is 34.8 Å². The number of halogens is 2. The summed E-state index contributed by atoms with van der Waals surface area (Å²) in [6, 6.07) is 7.40. The molecule has 2 rings (SSSR count). The van der Waals surface area contributed by atoms with Gasteiger partial charge in [-0.25, -0.2) is 4.39 Å². The second-order valence-electron chi connectivity index (χ2n) is 3.63. The minimum Gasteiger partial charge on any atom is -0.372 e. The van der Waals surface area contributed by atoms with Crippen molar-refractivity contribution in [3.8, 4) is 0 Å². The maximum atomic E-state index is 13.5. The molecule has 0 spiro atoms. The Morgan fingerprint density at radius 3 is 2.68 bits per heavy atom. The quantitative estimate of drug-likeness (QED) is 0.910. The summed E-state index contributed by atoms with van der Waals surface area (Å²) in [5.74, 6) is -0.492. The van der Waals surface area contributed by atoms with Crippen LogP contribution in [-0.4, -0.2) is 23.2 Å². The second-order valence-corrected chi connectivity index (χ2v) is 4.55. The number of amides is 1. The zero-order valence-electron chi connectivity index (χ0n) is 9.95. The van der Waals surface area contributed by atoms with Crippen molar-refractivity contribution in [2.75, 3.05) is 17.7 Å². The van der Waals surface area contributed by atoms with Crippen LogP contribution in [0, 0.1) is 5.82 Å². The molecule has 5 nitrogen and oxygen atoms in total. The number of benzene rings is 1. The first-order valence-electron chi connectivity index (χ1n) is 5.38. The lowest BCUT2D eigenvalue weighted by atomic mass is 10.3. The van der Waals surface area contributed by atoms with Gasteiger partial charge in [0.2, 0.25) is 0 Å². The molecule has 0 fully saturated rings. The highest BCUT2D eigenvalue weighted by Gasteiger charge is 2.11. The van der Waals surface area contributed by atoms with Crippen LogP contribution in [0.2, 0.25) is 0 Å². The number of carbonyl (C=O) groups excluding carboxylic acids is 1. The van der Waals surface area contributed by atoms with Gasteiger partial charge in [0.05, 0.1) is 5.69 Å². The fraction of sp³-hybridized carbons (Fsp3) is 0.0833. The first-order chi connectivity index (χ1) is 9.10. The number of hydrogen-bond donors (Lipinski definition) is 2. The van der Waals surface area contributed by atoms with Crippen molar-refractivity contribution in [2.45, 2.75) is 0 Å². The van der Waals surface area contributed by atoms with Gasteiger partial charge in [-0.05, 0) is 30.3 Å². The average Bonchev–Trinajstić information content (AvgIpc) is 2.43. The molecule has 0 saturated heterocycles. The Hall–Kier alpha value is -2.02. The molecular formula is C12H10BrFN4O. The van der Waals surface area contributed by atoms with Crippen LogP contribution in [-0.2, 0) is 0 Å². The van der Waals surface area contributed by atoms with Gasteiger partial charge in [0.15, 0.2) is 5.69 Å². The second kappa shape index (κ2) is 5.75. The van der Waals surface area contributed by atoms with Crippen LogP contribution in [0.3, 0.4) is 0 Å². The fourth-order valence-corrected chi connectivity index (χ4v) is 1.73. The summed E-state index contributed by atoms with van der Waals surface area (Å²) in [6.07, 6.45) is 0. The molecule has 2 aromatic rings. The maximum absolute atomic E-state index is 13.5. The standard InChI is InChI=1S/C12H10BrFN4O/c1-15-11-5-4-9(17-18-11)12(19)16-10-6-7(13)2-3-8(10)14/h2-6H,1H3,(H,15,18)(H,16,19). The van der Waals surface area contributed by atoms with Crippen molar-refractivity contribution in [3.63, 3.8) is 0 Å². The van der Waals surface area contributed by atoms with Crippen LogP contribution in [0.5, 0.6) is 0 Å². The lowest BCUT2D eigenvalue weighted by molar-refractivity contribution is 0.102. The highest BCUT2D eigenvalue weighted by Crippen LogP contribution is 2.20. The Morgan fingerprint density at radius 1 is 1.26 bits per heavy atom. The van der Waals surface area contributed by atoms with Gasteiger partial charge in [0.25, 0.3) is 5.91 Å². The van der Waals surface area contributed by atoms with E-state index in [1.165, 1.54) is 18.2 Å². The highest BCUT2D eigenvalue weighted by molar-refractivity contribution is 9.10. The first-order valence-corrected chi connectivity index (χ1v) is 6.17. The smallest absolute Gasteiger partial charge is 0.276 e. The molecule has 1 aromatic heterocycles. The van der Waals surface area contributed by atoms with E-state index in [9.17, 15) is 9.18 Å². The molecule has 0 radical (unpaired) electrons. The van der Waals surface area contributed by atoms with E-state index >= 15 is 0 Å². The Morgan fingerprint density at radius 2 is 2.05 bits per heavy atom. The van der Waals surface area contributed by atoms with Gasteiger partial charge in [-0.2, -0.15) is 0 Å². The van der Waals surface area contributed by atoms with E-state index in [0.717, 1.165) is 0 Å². The number of anilines is 2. The topological polar surface area (TPSA) is 66.9 Å². The van der Waals surface area contributed by atoms with E-state index in [1.54, 1.807) is 19.2 Å². The van der Waals surface area contributed by atoms with Crippen LogP contribution in [0.25, 0.3) is 0 Å². The molecule has 1 amide bonds. The van der Waals surface area contributed by atoms with E-state index < -0.39 is 11.7 Å². The van der Waals surface area contributed by atoms with Crippen LogP contribution in [0.4, 0.5) is 15.9 Å². The number of aromatic nitrogens is 2. The van der Waals surface area contributed by atoms with Crippen molar-refractivity contribution in [2.24, 2.45) is 0 Å². The Bertz CT molecular complexity index is 603. The highest BCUT2D eigenvalue weighted by atomic mass is 79.9. The molecule has 2 N–H and O–H groups in total. The van der Waals surface area contributed by atoms with Crippen LogP contribution >= 0.6 is 15.9 Å². The largest absolute Gasteiger partial charge is 0.372 e. The third kappa shape index (κ3) is 3.25. The predicted octanol–water partition coefficient (Wildman–Crippen LogP) is 2.67. The van der Waals surface area contributed by atoms with Gasteiger partial charge in [-0.15, -0.1) is 10.2 Å². The zero-order valence-corrected chi connectivity index (χ0v) is 11.5. The van der Waals surface area contributed by atoms with Crippen molar-refractivity contribution in [3.05, 3.63) is 46.3 Å². The number of carbonyl (C=O) groups is 1. The Balaban J connectivity index is 2.18. The molecule has 0 atom stereocenters. The molecule has 7 heteroatoms. The van der Waals surface area contributed by atoms with E-state index in [4.69, 9.17) is 0 Å². The SMILES string of the molecule is CNc1ccc(C(=O)Nc2cc(Br)ccc2F)nn1. The monoisotopic (exact) mass is 324 g/mol. The molecule has 1 heterocycles. The summed E-state index contributed by atoms with van der Waals surface area (Å²) in [4.78, 5) is 11.9. The van der Waals surface area contributed by atoms with Crippen molar-refractivity contribution in [1.29, 1.82) is 0 Å². The fourth-order valence-electron chi connectivity index (χ4n) is 1.37. The minimum atomic E-state index is -0.521. The first kappa shape index (κ1) is 13.4. The molecule has 98 valence electrons. The molecule has 0 saturated carbocycles. The summed E-state index contributed by atoms with van der Waals surface area (Å²) in [5.41, 5.74) is 0.192. The summed E-state index contributed by atoms with van der Waals surface area (Å²) >= 11 is 3.21. The molecule has 0 aliphatic carbocycles. The predicted molar refractivity (Wildman–Crippen MR) is 73.6 cm³/mol. The average molecular weight is 325 g/mol.